The molecule has 5 nitrogen and oxygen atoms in total. The van der Waals surface area contributed by atoms with E-state index in [2.05, 4.69) is 0 Å². The van der Waals surface area contributed by atoms with Crippen LogP contribution in [0.15, 0.2) is 24.3 Å². The van der Waals surface area contributed by atoms with Gasteiger partial charge in [-0.25, -0.2) is 0 Å². The molecule has 0 radical (unpaired) electrons. The highest BCUT2D eigenvalue weighted by Crippen LogP contribution is 2.22. The molecule has 1 aliphatic heterocycles. The second-order valence-corrected chi connectivity index (χ2v) is 3.86. The lowest BCUT2D eigenvalue weighted by molar-refractivity contribution is -0.136. The summed E-state index contributed by atoms with van der Waals surface area (Å²) in [5, 5.41) is 8.61. The van der Waals surface area contributed by atoms with Crippen LogP contribution in [0.2, 0.25) is 0 Å². The maximum atomic E-state index is 11.5. The molecule has 0 unspecified atom stereocenters. The SMILES string of the molecule is O=C(O)Cc1ccc(N2C(=O)CCC2=O)cc1. The summed E-state index contributed by atoms with van der Waals surface area (Å²) >= 11 is 0. The van der Waals surface area contributed by atoms with Crippen LogP contribution < -0.4 is 4.90 Å². The number of hydrogen-bond acceptors (Lipinski definition) is 3. The molecule has 1 fully saturated rings. The molecule has 5 heteroatoms. The van der Waals surface area contributed by atoms with Crippen LogP contribution in [0.3, 0.4) is 0 Å². The first-order chi connectivity index (χ1) is 8.08. The number of imide groups is 1. The number of carboxylic acid groups (broad SMARTS) is 1. The van der Waals surface area contributed by atoms with Gasteiger partial charge >= 0.3 is 5.97 Å². The van der Waals surface area contributed by atoms with E-state index in [9.17, 15) is 14.4 Å². The lowest BCUT2D eigenvalue weighted by Crippen LogP contribution is -2.28. The molecule has 17 heavy (non-hydrogen) atoms. The van der Waals surface area contributed by atoms with Crippen LogP contribution in [0.1, 0.15) is 18.4 Å². The molecule has 0 bridgehead atoms. The van der Waals surface area contributed by atoms with Crippen molar-refractivity contribution in [1.29, 1.82) is 0 Å². The number of amides is 2. The van der Waals surface area contributed by atoms with Crippen LogP contribution in [0.4, 0.5) is 5.69 Å². The quantitative estimate of drug-likeness (QED) is 0.789. The third kappa shape index (κ3) is 2.33. The predicted octanol–water partition coefficient (Wildman–Crippen LogP) is 0.967. The number of carbonyl (C=O) groups excluding carboxylic acids is 2. The summed E-state index contributed by atoms with van der Waals surface area (Å²) < 4.78 is 0. The van der Waals surface area contributed by atoms with Gasteiger partial charge in [0.2, 0.25) is 11.8 Å². The molecular formula is C12H11NO4. The largest absolute Gasteiger partial charge is 0.481 e. The number of benzene rings is 1. The Morgan fingerprint density at radius 3 is 2.12 bits per heavy atom. The smallest absolute Gasteiger partial charge is 0.307 e. The third-order valence-electron chi connectivity index (χ3n) is 2.60. The Kier molecular flexibility index (Phi) is 2.91. The Labute approximate surface area is 97.7 Å². The molecule has 0 saturated carbocycles. The van der Waals surface area contributed by atoms with Crippen LogP contribution in [0.5, 0.6) is 0 Å². The number of carbonyl (C=O) groups is 3. The van der Waals surface area contributed by atoms with Gasteiger partial charge in [-0.3, -0.25) is 19.3 Å². The van der Waals surface area contributed by atoms with E-state index in [1.165, 1.54) is 0 Å². The molecule has 1 saturated heterocycles. The van der Waals surface area contributed by atoms with Crippen LogP contribution >= 0.6 is 0 Å². The number of aliphatic carboxylic acids is 1. The highest BCUT2D eigenvalue weighted by atomic mass is 16.4. The lowest BCUT2D eigenvalue weighted by atomic mass is 10.1. The molecule has 0 aliphatic carbocycles. The summed E-state index contributed by atoms with van der Waals surface area (Å²) in [4.78, 5) is 34.6. The first kappa shape index (κ1) is 11.3. The van der Waals surface area contributed by atoms with Gasteiger partial charge in [0.15, 0.2) is 0 Å². The van der Waals surface area contributed by atoms with Gasteiger partial charge in [0, 0.05) is 12.8 Å². The fraction of sp³-hybridized carbons (Fsp3) is 0.250. The first-order valence-corrected chi connectivity index (χ1v) is 5.24. The second-order valence-electron chi connectivity index (χ2n) is 3.86. The molecule has 88 valence electrons. The standard InChI is InChI=1S/C12H11NO4/c14-10-5-6-11(15)13(10)9-3-1-8(2-4-9)7-12(16)17/h1-4H,5-7H2,(H,16,17). The molecule has 1 N–H and O–H groups in total. The van der Waals surface area contributed by atoms with Crippen molar-refractivity contribution in [3.05, 3.63) is 29.8 Å². The molecular weight excluding hydrogens is 222 g/mol. The summed E-state index contributed by atoms with van der Waals surface area (Å²) in [6.07, 6.45) is 0.424. The first-order valence-electron chi connectivity index (χ1n) is 5.24. The van der Waals surface area contributed by atoms with E-state index in [1.54, 1.807) is 24.3 Å². The minimum Gasteiger partial charge on any atom is -0.481 e. The Bertz CT molecular complexity index is 462. The van der Waals surface area contributed by atoms with Gasteiger partial charge in [0.1, 0.15) is 0 Å². The van der Waals surface area contributed by atoms with Gasteiger partial charge in [-0.1, -0.05) is 12.1 Å². The van der Waals surface area contributed by atoms with Crippen LogP contribution in [-0.4, -0.2) is 22.9 Å². The summed E-state index contributed by atoms with van der Waals surface area (Å²) in [6.45, 7) is 0. The third-order valence-corrected chi connectivity index (χ3v) is 2.60. The van der Waals surface area contributed by atoms with Crippen molar-refractivity contribution in [3.8, 4) is 0 Å². The molecule has 1 heterocycles. The average molecular weight is 233 g/mol. The van der Waals surface area contributed by atoms with Gasteiger partial charge in [-0.15, -0.1) is 0 Å². The molecule has 0 spiro atoms. The zero-order valence-electron chi connectivity index (χ0n) is 9.05. The Hall–Kier alpha value is -2.17. The molecule has 0 aromatic heterocycles. The topological polar surface area (TPSA) is 74.7 Å². The number of nitrogens with zero attached hydrogens (tertiary/aromatic N) is 1. The summed E-state index contributed by atoms with van der Waals surface area (Å²) in [5.74, 6) is -1.33. The van der Waals surface area contributed by atoms with Gasteiger partial charge in [0.25, 0.3) is 0 Å². The van der Waals surface area contributed by atoms with E-state index in [1.807, 2.05) is 0 Å². The number of anilines is 1. The minimum atomic E-state index is -0.911. The zero-order valence-corrected chi connectivity index (χ0v) is 9.05. The normalized spacial score (nSPS) is 15.4. The summed E-state index contributed by atoms with van der Waals surface area (Å²) in [6, 6.07) is 6.42. The number of carboxylic acids is 1. The number of rotatable bonds is 3. The van der Waals surface area contributed by atoms with Gasteiger partial charge in [0.05, 0.1) is 12.1 Å². The summed E-state index contributed by atoms with van der Waals surface area (Å²) in [5.41, 5.74) is 1.15. The molecule has 2 rings (SSSR count). The highest BCUT2D eigenvalue weighted by molar-refractivity contribution is 6.19. The van der Waals surface area contributed by atoms with Crippen molar-refractivity contribution in [2.24, 2.45) is 0 Å². The van der Waals surface area contributed by atoms with E-state index in [0.717, 1.165) is 4.90 Å². The van der Waals surface area contributed by atoms with E-state index in [4.69, 9.17) is 5.11 Å². The molecule has 1 aliphatic rings. The van der Waals surface area contributed by atoms with Crippen LogP contribution in [0, 0.1) is 0 Å². The fourth-order valence-electron chi connectivity index (χ4n) is 1.80. The Morgan fingerprint density at radius 2 is 1.65 bits per heavy atom. The van der Waals surface area contributed by atoms with Crippen molar-refractivity contribution in [2.75, 3.05) is 4.90 Å². The Balaban J connectivity index is 2.20. The van der Waals surface area contributed by atoms with Crippen LogP contribution in [-0.2, 0) is 20.8 Å². The minimum absolute atomic E-state index is 0.0673. The molecule has 1 aromatic rings. The van der Waals surface area contributed by atoms with E-state index in [0.29, 0.717) is 11.3 Å². The predicted molar refractivity (Wildman–Crippen MR) is 59.5 cm³/mol. The van der Waals surface area contributed by atoms with E-state index in [-0.39, 0.29) is 31.1 Å². The Morgan fingerprint density at radius 1 is 1.12 bits per heavy atom. The van der Waals surface area contributed by atoms with Crippen molar-refractivity contribution in [2.45, 2.75) is 19.3 Å². The van der Waals surface area contributed by atoms with Crippen molar-refractivity contribution in [3.63, 3.8) is 0 Å². The maximum absolute atomic E-state index is 11.5. The molecule has 0 atom stereocenters. The van der Waals surface area contributed by atoms with Crippen molar-refractivity contribution >= 4 is 23.5 Å². The zero-order chi connectivity index (χ0) is 12.4. The highest BCUT2D eigenvalue weighted by Gasteiger charge is 2.29. The summed E-state index contributed by atoms with van der Waals surface area (Å²) in [7, 11) is 0. The van der Waals surface area contributed by atoms with Crippen molar-refractivity contribution in [1.82, 2.24) is 0 Å². The lowest BCUT2D eigenvalue weighted by Gasteiger charge is -2.13. The van der Waals surface area contributed by atoms with Crippen molar-refractivity contribution < 1.29 is 19.5 Å². The second kappa shape index (κ2) is 4.37. The van der Waals surface area contributed by atoms with Crippen LogP contribution in [0.25, 0.3) is 0 Å². The van der Waals surface area contributed by atoms with Gasteiger partial charge in [-0.2, -0.15) is 0 Å². The monoisotopic (exact) mass is 233 g/mol. The molecule has 2 amide bonds. The number of hydrogen-bond donors (Lipinski definition) is 1. The maximum Gasteiger partial charge on any atom is 0.307 e. The van der Waals surface area contributed by atoms with E-state index < -0.39 is 5.97 Å². The van der Waals surface area contributed by atoms with Gasteiger partial charge < -0.3 is 5.11 Å². The van der Waals surface area contributed by atoms with Gasteiger partial charge in [-0.05, 0) is 17.7 Å². The fourth-order valence-corrected chi connectivity index (χ4v) is 1.80. The average Bonchev–Trinajstić information content (AvgIpc) is 2.59. The molecule has 1 aromatic carbocycles. The van der Waals surface area contributed by atoms with E-state index >= 15 is 0 Å².